The van der Waals surface area contributed by atoms with Gasteiger partial charge in [0.15, 0.2) is 0 Å². The summed E-state index contributed by atoms with van der Waals surface area (Å²) >= 11 is 0. The third-order valence-electron chi connectivity index (χ3n) is 2.45. The fourth-order valence-corrected chi connectivity index (χ4v) is 1.57. The molecule has 1 aromatic rings. The van der Waals surface area contributed by atoms with Crippen molar-refractivity contribution in [1.82, 2.24) is 5.32 Å². The first-order valence-corrected chi connectivity index (χ1v) is 5.07. The Morgan fingerprint density at radius 1 is 1.25 bits per heavy atom. The predicted octanol–water partition coefficient (Wildman–Crippen LogP) is 1.38. The fourth-order valence-electron chi connectivity index (χ4n) is 1.57. The highest BCUT2D eigenvalue weighted by Gasteiger charge is 2.26. The number of amides is 1. The minimum absolute atomic E-state index is 0.261. The molecule has 4 nitrogen and oxygen atoms in total. The molecule has 0 radical (unpaired) electrons. The number of carboxylic acid groups (broad SMARTS) is 1. The predicted molar refractivity (Wildman–Crippen MR) is 60.1 cm³/mol. The van der Waals surface area contributed by atoms with Gasteiger partial charge in [0.1, 0.15) is 6.04 Å². The normalized spacial score (nSPS) is 13.9. The van der Waals surface area contributed by atoms with E-state index in [0.29, 0.717) is 0 Å². The second kappa shape index (κ2) is 5.30. The molecule has 0 aliphatic heterocycles. The number of aliphatic carboxylic acids is 1. The number of benzene rings is 1. The van der Waals surface area contributed by atoms with Crippen molar-refractivity contribution in [3.63, 3.8) is 0 Å². The Bertz CT molecular complexity index is 375. The Kier molecular flexibility index (Phi) is 4.05. The fraction of sp³-hybridized carbons (Fsp3) is 0.333. The Balaban J connectivity index is 2.87. The third-order valence-corrected chi connectivity index (χ3v) is 2.45. The first-order chi connectivity index (χ1) is 7.52. The molecule has 0 saturated heterocycles. The van der Waals surface area contributed by atoms with Crippen LogP contribution in [0.15, 0.2) is 30.3 Å². The zero-order chi connectivity index (χ0) is 12.1. The largest absolute Gasteiger partial charge is 0.480 e. The van der Waals surface area contributed by atoms with E-state index < -0.39 is 12.0 Å². The van der Waals surface area contributed by atoms with Crippen LogP contribution in [0.2, 0.25) is 0 Å². The minimum Gasteiger partial charge on any atom is -0.480 e. The zero-order valence-corrected chi connectivity index (χ0v) is 9.31. The summed E-state index contributed by atoms with van der Waals surface area (Å²) in [5, 5.41) is 11.5. The summed E-state index contributed by atoms with van der Waals surface area (Å²) in [6.45, 7) is 3.09. The lowest BCUT2D eigenvalue weighted by molar-refractivity contribution is -0.142. The standard InChI is InChI=1S/C12H15NO3/c1-8(10-6-4-3-5-7-10)11(12(15)16)13-9(2)14/h3-8,11H,1-2H3,(H,13,14)(H,15,16)/t8-,11+/m0/s1. The van der Waals surface area contributed by atoms with Gasteiger partial charge in [-0.15, -0.1) is 0 Å². The molecule has 86 valence electrons. The molecule has 2 N–H and O–H groups in total. The molecule has 0 unspecified atom stereocenters. The molecule has 1 amide bonds. The van der Waals surface area contributed by atoms with Crippen LogP contribution in [0.25, 0.3) is 0 Å². The van der Waals surface area contributed by atoms with E-state index in [-0.39, 0.29) is 11.8 Å². The summed E-state index contributed by atoms with van der Waals surface area (Å²) < 4.78 is 0. The van der Waals surface area contributed by atoms with E-state index in [0.717, 1.165) is 5.56 Å². The number of carbonyl (C=O) groups is 2. The monoisotopic (exact) mass is 221 g/mol. The lowest BCUT2D eigenvalue weighted by atomic mass is 9.93. The van der Waals surface area contributed by atoms with E-state index in [1.807, 2.05) is 30.3 Å². The van der Waals surface area contributed by atoms with Gasteiger partial charge in [-0.05, 0) is 5.56 Å². The van der Waals surface area contributed by atoms with Gasteiger partial charge < -0.3 is 10.4 Å². The average Bonchev–Trinajstić information content (AvgIpc) is 2.25. The first-order valence-electron chi connectivity index (χ1n) is 5.07. The van der Waals surface area contributed by atoms with Crippen LogP contribution in [0.3, 0.4) is 0 Å². The molecule has 0 heterocycles. The molecule has 0 spiro atoms. The molecule has 4 heteroatoms. The van der Waals surface area contributed by atoms with E-state index in [1.54, 1.807) is 6.92 Å². The molecule has 1 rings (SSSR count). The molecule has 0 saturated carbocycles. The summed E-state index contributed by atoms with van der Waals surface area (Å²) in [4.78, 5) is 22.0. The molecule has 0 aromatic heterocycles. The van der Waals surface area contributed by atoms with E-state index in [9.17, 15) is 9.59 Å². The van der Waals surface area contributed by atoms with Crippen LogP contribution in [0, 0.1) is 0 Å². The SMILES string of the molecule is CC(=O)N[C@@H](C(=O)O)[C@@H](C)c1ccccc1. The quantitative estimate of drug-likeness (QED) is 0.807. The van der Waals surface area contributed by atoms with Crippen molar-refractivity contribution in [2.45, 2.75) is 25.8 Å². The number of carbonyl (C=O) groups excluding carboxylic acids is 1. The maximum atomic E-state index is 11.0. The van der Waals surface area contributed by atoms with Crippen molar-refractivity contribution >= 4 is 11.9 Å². The van der Waals surface area contributed by atoms with E-state index in [4.69, 9.17) is 5.11 Å². The molecule has 2 atom stereocenters. The summed E-state index contributed by atoms with van der Waals surface area (Å²) in [6.07, 6.45) is 0. The summed E-state index contributed by atoms with van der Waals surface area (Å²) in [5.41, 5.74) is 0.892. The van der Waals surface area contributed by atoms with Gasteiger partial charge in [0, 0.05) is 12.8 Å². The molecule has 0 aliphatic carbocycles. The summed E-state index contributed by atoms with van der Waals surface area (Å²) in [6, 6.07) is 8.37. The van der Waals surface area contributed by atoms with Gasteiger partial charge in [0.2, 0.25) is 5.91 Å². The molecule has 0 aliphatic rings. The van der Waals surface area contributed by atoms with Gasteiger partial charge >= 0.3 is 5.97 Å². The maximum Gasteiger partial charge on any atom is 0.326 e. The Labute approximate surface area is 94.3 Å². The van der Waals surface area contributed by atoms with Crippen molar-refractivity contribution < 1.29 is 14.7 Å². The molecule has 16 heavy (non-hydrogen) atoms. The van der Waals surface area contributed by atoms with E-state index in [2.05, 4.69) is 5.32 Å². The highest BCUT2D eigenvalue weighted by atomic mass is 16.4. The topological polar surface area (TPSA) is 66.4 Å². The van der Waals surface area contributed by atoms with E-state index in [1.165, 1.54) is 6.92 Å². The molecular formula is C12H15NO3. The van der Waals surface area contributed by atoms with Crippen LogP contribution >= 0.6 is 0 Å². The molecule has 0 bridgehead atoms. The number of nitrogens with one attached hydrogen (secondary N) is 1. The number of hydrogen-bond acceptors (Lipinski definition) is 2. The maximum absolute atomic E-state index is 11.0. The van der Waals surface area contributed by atoms with Gasteiger partial charge in [-0.3, -0.25) is 4.79 Å². The van der Waals surface area contributed by atoms with Gasteiger partial charge in [-0.1, -0.05) is 37.3 Å². The van der Waals surface area contributed by atoms with Crippen molar-refractivity contribution in [3.05, 3.63) is 35.9 Å². The molecular weight excluding hydrogens is 206 g/mol. The molecule has 1 aromatic carbocycles. The van der Waals surface area contributed by atoms with Crippen LogP contribution < -0.4 is 5.32 Å². The van der Waals surface area contributed by atoms with Crippen molar-refractivity contribution in [2.75, 3.05) is 0 Å². The summed E-state index contributed by atoms with van der Waals surface area (Å²) in [7, 11) is 0. The molecule has 0 fully saturated rings. The van der Waals surface area contributed by atoms with Crippen molar-refractivity contribution in [2.24, 2.45) is 0 Å². The van der Waals surface area contributed by atoms with Crippen LogP contribution in [-0.4, -0.2) is 23.0 Å². The Morgan fingerprint density at radius 2 is 1.81 bits per heavy atom. The highest BCUT2D eigenvalue weighted by Crippen LogP contribution is 2.18. The highest BCUT2D eigenvalue weighted by molar-refractivity contribution is 5.83. The van der Waals surface area contributed by atoms with Gasteiger partial charge in [-0.25, -0.2) is 4.79 Å². The average molecular weight is 221 g/mol. The lowest BCUT2D eigenvalue weighted by Gasteiger charge is -2.21. The van der Waals surface area contributed by atoms with Gasteiger partial charge in [0.25, 0.3) is 0 Å². The van der Waals surface area contributed by atoms with Crippen LogP contribution in [0.1, 0.15) is 25.3 Å². The van der Waals surface area contributed by atoms with Crippen LogP contribution in [0.4, 0.5) is 0 Å². The van der Waals surface area contributed by atoms with Gasteiger partial charge in [0.05, 0.1) is 0 Å². The zero-order valence-electron chi connectivity index (χ0n) is 9.31. The number of hydrogen-bond donors (Lipinski definition) is 2. The lowest BCUT2D eigenvalue weighted by Crippen LogP contribution is -2.43. The second-order valence-electron chi connectivity index (χ2n) is 3.72. The van der Waals surface area contributed by atoms with Crippen LogP contribution in [0.5, 0.6) is 0 Å². The first kappa shape index (κ1) is 12.2. The smallest absolute Gasteiger partial charge is 0.326 e. The number of rotatable bonds is 4. The minimum atomic E-state index is -1.02. The second-order valence-corrected chi connectivity index (χ2v) is 3.72. The van der Waals surface area contributed by atoms with Crippen LogP contribution in [-0.2, 0) is 9.59 Å². The Hall–Kier alpha value is -1.84. The summed E-state index contributed by atoms with van der Waals surface area (Å²) in [5.74, 6) is -1.62. The van der Waals surface area contributed by atoms with Gasteiger partial charge in [-0.2, -0.15) is 0 Å². The Morgan fingerprint density at radius 3 is 2.25 bits per heavy atom. The van der Waals surface area contributed by atoms with E-state index >= 15 is 0 Å². The van der Waals surface area contributed by atoms with Crippen molar-refractivity contribution in [1.29, 1.82) is 0 Å². The van der Waals surface area contributed by atoms with Crippen molar-refractivity contribution in [3.8, 4) is 0 Å². The number of carboxylic acids is 1. The third kappa shape index (κ3) is 3.08.